The molecule has 0 aliphatic rings. The average Bonchev–Trinajstić information content (AvgIpc) is 2.40. The highest BCUT2D eigenvalue weighted by atomic mass is 79.9. The molecule has 2 aromatic rings. The molecule has 0 amide bonds. The number of aromatic nitrogens is 1. The average molecular weight is 390 g/mol. The maximum Gasteiger partial charge on any atom is 0.267 e. The Bertz CT molecular complexity index is 794. The largest absolute Gasteiger partial charge is 0.269 e. The monoisotopic (exact) mass is 388 g/mol. The molecule has 1 heterocycles. The first-order valence-electron chi connectivity index (χ1n) is 6.10. The minimum absolute atomic E-state index is 0.0268. The van der Waals surface area contributed by atoms with Crippen LogP contribution < -0.4 is 4.31 Å². The maximum absolute atomic E-state index is 12.7. The van der Waals surface area contributed by atoms with E-state index in [2.05, 4.69) is 20.9 Å². The second-order valence-electron chi connectivity index (χ2n) is 4.70. The molecule has 2 rings (SSSR count). The molecule has 0 saturated carbocycles. The highest BCUT2D eigenvalue weighted by Crippen LogP contribution is 2.30. The van der Waals surface area contributed by atoms with Gasteiger partial charge < -0.3 is 0 Å². The van der Waals surface area contributed by atoms with Crippen LogP contribution in [0.15, 0.2) is 39.8 Å². The number of pyridine rings is 1. The number of hydrogen-bond donors (Lipinski definition) is 0. The summed E-state index contributed by atoms with van der Waals surface area (Å²) in [6.07, 6.45) is 1.46. The summed E-state index contributed by atoms with van der Waals surface area (Å²) in [5, 5.41) is -0.0465. The number of nitrogens with zero attached hydrogens (tertiary/aromatic N) is 2. The van der Waals surface area contributed by atoms with E-state index < -0.39 is 10.0 Å². The second kappa shape index (κ2) is 5.94. The summed E-state index contributed by atoms with van der Waals surface area (Å²) in [6, 6.07) is 7.03. The number of anilines is 1. The molecule has 0 unspecified atom stereocenters. The molecule has 0 aliphatic carbocycles. The predicted molar refractivity (Wildman–Crippen MR) is 88.5 cm³/mol. The summed E-state index contributed by atoms with van der Waals surface area (Å²) in [6.45, 7) is 3.83. The van der Waals surface area contributed by atoms with E-state index in [1.54, 1.807) is 6.07 Å². The maximum atomic E-state index is 12.7. The van der Waals surface area contributed by atoms with Crippen LogP contribution >= 0.6 is 27.5 Å². The Labute approximate surface area is 137 Å². The van der Waals surface area contributed by atoms with Gasteiger partial charge in [0.05, 0.1) is 5.69 Å². The van der Waals surface area contributed by atoms with Crippen LogP contribution in [0.25, 0.3) is 0 Å². The summed E-state index contributed by atoms with van der Waals surface area (Å²) in [5.74, 6) is 0. The number of sulfonamides is 1. The molecule has 0 atom stereocenters. The van der Waals surface area contributed by atoms with Gasteiger partial charge in [0.15, 0.2) is 0 Å². The Balaban J connectivity index is 2.55. The first kappa shape index (κ1) is 16.3. The summed E-state index contributed by atoms with van der Waals surface area (Å²) in [5.41, 5.74) is 2.56. The van der Waals surface area contributed by atoms with Crippen LogP contribution in [0.4, 0.5) is 5.69 Å². The summed E-state index contributed by atoms with van der Waals surface area (Å²) >= 11 is 9.15. The van der Waals surface area contributed by atoms with E-state index in [9.17, 15) is 8.42 Å². The lowest BCUT2D eigenvalue weighted by atomic mass is 10.1. The van der Waals surface area contributed by atoms with Crippen LogP contribution in [0.2, 0.25) is 5.15 Å². The highest BCUT2D eigenvalue weighted by Gasteiger charge is 2.26. The van der Waals surface area contributed by atoms with Crippen molar-refractivity contribution in [1.82, 2.24) is 4.98 Å². The molecular formula is C14H14BrClN2O2S. The van der Waals surface area contributed by atoms with Crippen molar-refractivity contribution in [1.29, 1.82) is 0 Å². The molecule has 21 heavy (non-hydrogen) atoms. The van der Waals surface area contributed by atoms with Gasteiger partial charge in [-0.1, -0.05) is 29.3 Å². The van der Waals surface area contributed by atoms with Gasteiger partial charge in [0.25, 0.3) is 10.0 Å². The van der Waals surface area contributed by atoms with Crippen molar-refractivity contribution in [2.45, 2.75) is 18.7 Å². The van der Waals surface area contributed by atoms with Gasteiger partial charge in [0.1, 0.15) is 10.0 Å². The molecule has 0 N–H and O–H groups in total. The quantitative estimate of drug-likeness (QED) is 0.747. The van der Waals surface area contributed by atoms with Crippen LogP contribution in [-0.4, -0.2) is 20.4 Å². The summed E-state index contributed by atoms with van der Waals surface area (Å²) in [4.78, 5) is 3.84. The van der Waals surface area contributed by atoms with Gasteiger partial charge in [-0.2, -0.15) is 0 Å². The summed E-state index contributed by atoms with van der Waals surface area (Å²) in [7, 11) is -2.27. The number of hydrogen-bond acceptors (Lipinski definition) is 3. The first-order chi connectivity index (χ1) is 9.73. The van der Waals surface area contributed by atoms with Gasteiger partial charge in [0, 0.05) is 17.7 Å². The van der Waals surface area contributed by atoms with Crippen molar-refractivity contribution in [2.75, 3.05) is 11.4 Å². The van der Waals surface area contributed by atoms with Crippen LogP contribution in [0.5, 0.6) is 0 Å². The number of aryl methyl sites for hydroxylation is 2. The Morgan fingerprint density at radius 2 is 1.90 bits per heavy atom. The normalized spacial score (nSPS) is 11.5. The van der Waals surface area contributed by atoms with Crippen molar-refractivity contribution in [3.8, 4) is 0 Å². The van der Waals surface area contributed by atoms with Gasteiger partial charge in [-0.05, 0) is 47.5 Å². The highest BCUT2D eigenvalue weighted by molar-refractivity contribution is 9.10. The fraction of sp³-hybridized carbons (Fsp3) is 0.214. The van der Waals surface area contributed by atoms with E-state index in [4.69, 9.17) is 11.6 Å². The fourth-order valence-corrected chi connectivity index (χ4v) is 4.20. The Hall–Kier alpha value is -1.11. The third-order valence-corrected chi connectivity index (χ3v) is 5.74. The topological polar surface area (TPSA) is 50.3 Å². The van der Waals surface area contributed by atoms with E-state index in [0.717, 1.165) is 11.1 Å². The fourth-order valence-electron chi connectivity index (χ4n) is 2.02. The van der Waals surface area contributed by atoms with Crippen LogP contribution in [0, 0.1) is 13.8 Å². The Morgan fingerprint density at radius 1 is 1.24 bits per heavy atom. The van der Waals surface area contributed by atoms with Crippen molar-refractivity contribution < 1.29 is 8.42 Å². The molecule has 112 valence electrons. The molecule has 0 aliphatic heterocycles. The third kappa shape index (κ3) is 3.22. The lowest BCUT2D eigenvalue weighted by molar-refractivity contribution is 0.594. The smallest absolute Gasteiger partial charge is 0.267 e. The minimum atomic E-state index is -3.77. The molecule has 7 heteroatoms. The first-order valence-corrected chi connectivity index (χ1v) is 8.72. The van der Waals surface area contributed by atoms with E-state index in [-0.39, 0.29) is 10.0 Å². The Kier molecular flexibility index (Phi) is 4.60. The molecule has 1 aromatic carbocycles. The molecule has 0 spiro atoms. The van der Waals surface area contributed by atoms with Crippen molar-refractivity contribution in [3.05, 3.63) is 51.2 Å². The summed E-state index contributed by atoms with van der Waals surface area (Å²) < 4.78 is 27.2. The van der Waals surface area contributed by atoms with Gasteiger partial charge in [0.2, 0.25) is 0 Å². The molecule has 0 fully saturated rings. The van der Waals surface area contributed by atoms with Crippen molar-refractivity contribution >= 4 is 43.2 Å². The van der Waals surface area contributed by atoms with Gasteiger partial charge in [-0.25, -0.2) is 13.4 Å². The molecule has 4 nitrogen and oxygen atoms in total. The van der Waals surface area contributed by atoms with Crippen LogP contribution in [0.1, 0.15) is 11.1 Å². The molecule has 1 aromatic heterocycles. The van der Waals surface area contributed by atoms with Gasteiger partial charge >= 0.3 is 0 Å². The van der Waals surface area contributed by atoms with Crippen molar-refractivity contribution in [3.63, 3.8) is 0 Å². The molecule has 0 saturated heterocycles. The van der Waals surface area contributed by atoms with Crippen LogP contribution in [0.3, 0.4) is 0 Å². The van der Waals surface area contributed by atoms with E-state index >= 15 is 0 Å². The van der Waals surface area contributed by atoms with Crippen LogP contribution in [-0.2, 0) is 10.0 Å². The minimum Gasteiger partial charge on any atom is -0.269 e. The standard InChI is InChI=1S/C14H14BrClN2O2S/c1-9-4-5-12(10(2)6-9)18(3)21(19,20)13-7-11(15)8-17-14(13)16/h4-8H,1-3H3. The molecule has 0 radical (unpaired) electrons. The number of benzene rings is 1. The number of halogens is 2. The number of rotatable bonds is 3. The lowest BCUT2D eigenvalue weighted by Gasteiger charge is -2.22. The van der Waals surface area contributed by atoms with Gasteiger partial charge in [-0.15, -0.1) is 0 Å². The van der Waals surface area contributed by atoms with Gasteiger partial charge in [-0.3, -0.25) is 4.31 Å². The second-order valence-corrected chi connectivity index (χ2v) is 7.92. The molecule has 0 bridgehead atoms. The zero-order valence-electron chi connectivity index (χ0n) is 11.8. The van der Waals surface area contributed by atoms with E-state index in [1.807, 2.05) is 26.0 Å². The molecular weight excluding hydrogens is 376 g/mol. The predicted octanol–water partition coefficient (Wildman–Crippen LogP) is 3.94. The SMILES string of the molecule is Cc1ccc(N(C)S(=O)(=O)c2cc(Br)cnc2Cl)c(C)c1. The Morgan fingerprint density at radius 3 is 2.52 bits per heavy atom. The lowest BCUT2D eigenvalue weighted by Crippen LogP contribution is -2.27. The zero-order chi connectivity index (χ0) is 15.8. The third-order valence-electron chi connectivity index (χ3n) is 3.10. The van der Waals surface area contributed by atoms with Crippen molar-refractivity contribution in [2.24, 2.45) is 0 Å². The van der Waals surface area contributed by atoms with E-state index in [0.29, 0.717) is 10.2 Å². The zero-order valence-corrected chi connectivity index (χ0v) is 14.9. The van der Waals surface area contributed by atoms with E-state index in [1.165, 1.54) is 23.6 Å².